The van der Waals surface area contributed by atoms with Crippen molar-refractivity contribution in [3.8, 4) is 0 Å². The monoisotopic (exact) mass is 168 g/mol. The van der Waals surface area contributed by atoms with Gasteiger partial charge in [0.2, 0.25) is 0 Å². The topological polar surface area (TPSA) is 46.5 Å². The zero-order valence-electron chi connectivity index (χ0n) is 6.99. The summed E-state index contributed by atoms with van der Waals surface area (Å²) in [6, 6.07) is 0. The van der Waals surface area contributed by atoms with E-state index in [1.54, 1.807) is 19.3 Å². The van der Waals surface area contributed by atoms with E-state index in [1.165, 1.54) is 0 Å². The third-order valence-corrected chi connectivity index (χ3v) is 1.74. The van der Waals surface area contributed by atoms with Gasteiger partial charge in [0, 0.05) is 5.57 Å². The van der Waals surface area contributed by atoms with Gasteiger partial charge in [0.25, 0.3) is 0 Å². The Balaban J connectivity index is 2.54. The molecule has 1 aliphatic rings. The Labute approximate surface area is 71.3 Å². The van der Waals surface area contributed by atoms with Gasteiger partial charge in [0.15, 0.2) is 0 Å². The van der Waals surface area contributed by atoms with Crippen molar-refractivity contribution in [3.05, 3.63) is 24.0 Å². The Morgan fingerprint density at radius 2 is 2.50 bits per heavy atom. The van der Waals surface area contributed by atoms with E-state index in [4.69, 9.17) is 9.84 Å². The molecule has 0 amide bonds. The first kappa shape index (κ1) is 8.84. The second-order valence-corrected chi connectivity index (χ2v) is 2.78. The van der Waals surface area contributed by atoms with Crippen LogP contribution < -0.4 is 0 Å². The fraction of sp³-hybridized carbons (Fsp3) is 0.444. The van der Waals surface area contributed by atoms with Gasteiger partial charge >= 0.3 is 5.97 Å². The minimum atomic E-state index is -0.881. The maximum atomic E-state index is 10.4. The fourth-order valence-electron chi connectivity index (χ4n) is 1.03. The largest absolute Gasteiger partial charge is 0.494 e. The second kappa shape index (κ2) is 3.95. The Bertz CT molecular complexity index is 228. The fourth-order valence-corrected chi connectivity index (χ4v) is 1.03. The highest BCUT2D eigenvalue weighted by atomic mass is 16.5. The summed E-state index contributed by atoms with van der Waals surface area (Å²) in [5, 5.41) is 8.57. The van der Waals surface area contributed by atoms with Gasteiger partial charge in [0.1, 0.15) is 6.10 Å². The van der Waals surface area contributed by atoms with Crippen molar-refractivity contribution in [1.29, 1.82) is 0 Å². The first-order valence-corrected chi connectivity index (χ1v) is 3.92. The molecular weight excluding hydrogens is 156 g/mol. The molecule has 12 heavy (non-hydrogen) atoms. The van der Waals surface area contributed by atoms with Crippen LogP contribution in [-0.4, -0.2) is 17.2 Å². The number of hydrogen-bond donors (Lipinski definition) is 1. The van der Waals surface area contributed by atoms with Crippen molar-refractivity contribution in [2.75, 3.05) is 0 Å². The highest BCUT2D eigenvalue weighted by Gasteiger charge is 2.10. The van der Waals surface area contributed by atoms with Gasteiger partial charge in [-0.15, -0.1) is 0 Å². The summed E-state index contributed by atoms with van der Waals surface area (Å²) in [5.74, 6) is -0.881. The molecule has 0 fully saturated rings. The maximum absolute atomic E-state index is 10.4. The van der Waals surface area contributed by atoms with E-state index in [2.05, 4.69) is 0 Å². The lowest BCUT2D eigenvalue weighted by Gasteiger charge is -2.15. The van der Waals surface area contributed by atoms with Crippen molar-refractivity contribution in [2.45, 2.75) is 25.9 Å². The standard InChI is InChI=1S/C9H12O3/c1-7(9(10)11)6-8-4-2-3-5-12-8/h3,5-6,8H,2,4H2,1H3,(H,10,11). The van der Waals surface area contributed by atoms with Gasteiger partial charge in [-0.1, -0.05) is 0 Å². The van der Waals surface area contributed by atoms with E-state index in [0.717, 1.165) is 12.8 Å². The van der Waals surface area contributed by atoms with E-state index in [-0.39, 0.29) is 6.10 Å². The Morgan fingerprint density at radius 3 is 3.00 bits per heavy atom. The number of rotatable bonds is 2. The van der Waals surface area contributed by atoms with Crippen molar-refractivity contribution < 1.29 is 14.6 Å². The lowest BCUT2D eigenvalue weighted by Crippen LogP contribution is -2.11. The summed E-state index contributed by atoms with van der Waals surface area (Å²) in [6.07, 6.45) is 6.95. The van der Waals surface area contributed by atoms with Crippen LogP contribution >= 0.6 is 0 Å². The van der Waals surface area contributed by atoms with Crippen LogP contribution in [0.25, 0.3) is 0 Å². The van der Waals surface area contributed by atoms with E-state index in [0.29, 0.717) is 5.57 Å². The molecule has 0 bridgehead atoms. The van der Waals surface area contributed by atoms with Crippen LogP contribution in [-0.2, 0) is 9.53 Å². The SMILES string of the molecule is CC(=CC1CCC=CO1)C(=O)O. The van der Waals surface area contributed by atoms with Gasteiger partial charge in [-0.05, 0) is 31.9 Å². The summed E-state index contributed by atoms with van der Waals surface area (Å²) >= 11 is 0. The molecule has 0 saturated carbocycles. The van der Waals surface area contributed by atoms with E-state index < -0.39 is 5.97 Å². The van der Waals surface area contributed by atoms with Crippen molar-refractivity contribution in [1.82, 2.24) is 0 Å². The molecule has 0 aromatic carbocycles. The summed E-state index contributed by atoms with van der Waals surface area (Å²) in [6.45, 7) is 1.57. The Kier molecular flexibility index (Phi) is 2.91. The number of carbonyl (C=O) groups is 1. The predicted molar refractivity (Wildman–Crippen MR) is 44.6 cm³/mol. The van der Waals surface area contributed by atoms with Gasteiger partial charge in [-0.25, -0.2) is 4.79 Å². The lowest BCUT2D eigenvalue weighted by atomic mass is 10.1. The van der Waals surface area contributed by atoms with Crippen LogP contribution in [0.3, 0.4) is 0 Å². The first-order valence-electron chi connectivity index (χ1n) is 3.92. The number of carboxylic acids is 1. The number of carboxylic acid groups (broad SMARTS) is 1. The predicted octanol–water partition coefficient (Wildman–Crippen LogP) is 1.71. The summed E-state index contributed by atoms with van der Waals surface area (Å²) in [7, 11) is 0. The number of ether oxygens (including phenoxy) is 1. The van der Waals surface area contributed by atoms with Crippen LogP contribution in [0.1, 0.15) is 19.8 Å². The van der Waals surface area contributed by atoms with E-state index in [9.17, 15) is 4.79 Å². The molecule has 0 aromatic rings. The zero-order valence-corrected chi connectivity index (χ0v) is 6.99. The Hall–Kier alpha value is -1.25. The van der Waals surface area contributed by atoms with Crippen LogP contribution in [0.4, 0.5) is 0 Å². The normalized spacial score (nSPS) is 23.4. The van der Waals surface area contributed by atoms with Crippen LogP contribution in [0.15, 0.2) is 24.0 Å². The molecule has 1 atom stereocenters. The highest BCUT2D eigenvalue weighted by molar-refractivity contribution is 5.85. The highest BCUT2D eigenvalue weighted by Crippen LogP contribution is 2.12. The first-order chi connectivity index (χ1) is 5.70. The maximum Gasteiger partial charge on any atom is 0.331 e. The molecule has 3 heteroatoms. The van der Waals surface area contributed by atoms with Crippen molar-refractivity contribution >= 4 is 5.97 Å². The van der Waals surface area contributed by atoms with E-state index >= 15 is 0 Å². The summed E-state index contributed by atoms with van der Waals surface area (Å²) < 4.78 is 5.18. The minimum Gasteiger partial charge on any atom is -0.494 e. The average molecular weight is 168 g/mol. The molecule has 1 heterocycles. The van der Waals surface area contributed by atoms with E-state index in [1.807, 2.05) is 6.08 Å². The third-order valence-electron chi connectivity index (χ3n) is 1.74. The number of aliphatic carboxylic acids is 1. The molecule has 0 aromatic heterocycles. The van der Waals surface area contributed by atoms with Crippen molar-refractivity contribution in [2.24, 2.45) is 0 Å². The summed E-state index contributed by atoms with van der Waals surface area (Å²) in [5.41, 5.74) is 0.343. The van der Waals surface area contributed by atoms with Crippen LogP contribution in [0.2, 0.25) is 0 Å². The molecule has 1 unspecified atom stereocenters. The van der Waals surface area contributed by atoms with Gasteiger partial charge in [0.05, 0.1) is 6.26 Å². The smallest absolute Gasteiger partial charge is 0.331 e. The van der Waals surface area contributed by atoms with Crippen LogP contribution in [0.5, 0.6) is 0 Å². The van der Waals surface area contributed by atoms with Gasteiger partial charge < -0.3 is 9.84 Å². The van der Waals surface area contributed by atoms with Crippen LogP contribution in [0, 0.1) is 0 Å². The molecule has 1 rings (SSSR count). The molecular formula is C9H12O3. The average Bonchev–Trinajstić information content (AvgIpc) is 2.06. The molecule has 0 aliphatic carbocycles. The lowest BCUT2D eigenvalue weighted by molar-refractivity contribution is -0.132. The molecule has 3 nitrogen and oxygen atoms in total. The molecule has 66 valence electrons. The quantitative estimate of drug-likeness (QED) is 0.638. The molecule has 1 aliphatic heterocycles. The second-order valence-electron chi connectivity index (χ2n) is 2.78. The molecule has 0 saturated heterocycles. The van der Waals surface area contributed by atoms with Gasteiger partial charge in [-0.2, -0.15) is 0 Å². The number of allylic oxidation sites excluding steroid dienone is 1. The number of hydrogen-bond acceptors (Lipinski definition) is 2. The zero-order chi connectivity index (χ0) is 8.97. The van der Waals surface area contributed by atoms with Crippen molar-refractivity contribution in [3.63, 3.8) is 0 Å². The molecule has 0 spiro atoms. The molecule has 0 radical (unpaired) electrons. The summed E-state index contributed by atoms with van der Waals surface area (Å²) in [4.78, 5) is 10.4. The van der Waals surface area contributed by atoms with Gasteiger partial charge in [-0.3, -0.25) is 0 Å². The Morgan fingerprint density at radius 1 is 1.75 bits per heavy atom. The molecule has 1 N–H and O–H groups in total. The minimum absolute atomic E-state index is 0.0638. The third kappa shape index (κ3) is 2.42.